The van der Waals surface area contributed by atoms with Gasteiger partial charge in [-0.15, -0.1) is 0 Å². The third-order valence-electron chi connectivity index (χ3n) is 4.89. The lowest BCUT2D eigenvalue weighted by Crippen LogP contribution is -2.30. The normalized spacial score (nSPS) is 10.5. The van der Waals surface area contributed by atoms with Gasteiger partial charge in [-0.2, -0.15) is 0 Å². The molecule has 3 rings (SSSR count). The number of pyridine rings is 1. The highest BCUT2D eigenvalue weighted by Gasteiger charge is 2.17. The highest BCUT2D eigenvalue weighted by atomic mass is 16.2. The van der Waals surface area contributed by atoms with Crippen LogP contribution in [-0.4, -0.2) is 33.9 Å². The lowest BCUT2D eigenvalue weighted by Gasteiger charge is -2.21. The SMILES string of the molecule is CCN(Cc1ccc(C)cc1)C(=O)c1ccc(C(=O)CC(=O)c2ccccn2)cc1. The van der Waals surface area contributed by atoms with Crippen LogP contribution in [-0.2, 0) is 6.54 Å². The monoisotopic (exact) mass is 400 g/mol. The van der Waals surface area contributed by atoms with Gasteiger partial charge < -0.3 is 4.90 Å². The second-order valence-corrected chi connectivity index (χ2v) is 7.12. The molecule has 3 aromatic rings. The molecule has 0 spiro atoms. The summed E-state index contributed by atoms with van der Waals surface area (Å²) in [7, 11) is 0. The first-order valence-corrected chi connectivity index (χ1v) is 9.90. The van der Waals surface area contributed by atoms with Gasteiger partial charge >= 0.3 is 0 Å². The third kappa shape index (κ3) is 5.26. The largest absolute Gasteiger partial charge is 0.335 e. The van der Waals surface area contributed by atoms with E-state index in [-0.39, 0.29) is 29.6 Å². The minimum atomic E-state index is -0.323. The van der Waals surface area contributed by atoms with Crippen LogP contribution in [0.15, 0.2) is 72.9 Å². The van der Waals surface area contributed by atoms with Gasteiger partial charge in [-0.1, -0.05) is 48.0 Å². The molecule has 0 unspecified atom stereocenters. The molecular weight excluding hydrogens is 376 g/mol. The van der Waals surface area contributed by atoms with Gasteiger partial charge in [-0.25, -0.2) is 0 Å². The van der Waals surface area contributed by atoms with Crippen molar-refractivity contribution in [2.45, 2.75) is 26.8 Å². The average molecular weight is 400 g/mol. The van der Waals surface area contributed by atoms with Crippen molar-refractivity contribution in [1.82, 2.24) is 9.88 Å². The number of aromatic nitrogens is 1. The Morgan fingerprint density at radius 2 is 1.50 bits per heavy atom. The molecule has 0 aliphatic rings. The van der Waals surface area contributed by atoms with E-state index in [0.717, 1.165) is 5.56 Å². The summed E-state index contributed by atoms with van der Waals surface area (Å²) in [5.41, 5.74) is 3.42. The molecule has 152 valence electrons. The van der Waals surface area contributed by atoms with Gasteiger partial charge in [0.1, 0.15) is 5.69 Å². The van der Waals surface area contributed by atoms with Crippen molar-refractivity contribution in [2.24, 2.45) is 0 Å². The Kier molecular flexibility index (Phi) is 6.86. The number of carbonyl (C=O) groups excluding carboxylic acids is 3. The Bertz CT molecular complexity index is 1030. The highest BCUT2D eigenvalue weighted by molar-refractivity contribution is 6.13. The van der Waals surface area contributed by atoms with E-state index in [1.807, 2.05) is 38.1 Å². The maximum absolute atomic E-state index is 12.9. The Morgan fingerprint density at radius 1 is 0.833 bits per heavy atom. The van der Waals surface area contributed by atoms with Crippen molar-refractivity contribution in [1.29, 1.82) is 0 Å². The minimum Gasteiger partial charge on any atom is -0.335 e. The smallest absolute Gasteiger partial charge is 0.254 e. The van der Waals surface area contributed by atoms with Crippen LogP contribution in [0.3, 0.4) is 0 Å². The molecule has 0 aliphatic carbocycles. The highest BCUT2D eigenvalue weighted by Crippen LogP contribution is 2.14. The van der Waals surface area contributed by atoms with Crippen molar-refractivity contribution in [2.75, 3.05) is 6.54 Å². The molecule has 0 atom stereocenters. The fourth-order valence-corrected chi connectivity index (χ4v) is 3.09. The second-order valence-electron chi connectivity index (χ2n) is 7.12. The zero-order chi connectivity index (χ0) is 21.5. The van der Waals surface area contributed by atoms with E-state index in [0.29, 0.717) is 24.2 Å². The van der Waals surface area contributed by atoms with Crippen molar-refractivity contribution in [3.05, 3.63) is 101 Å². The molecule has 0 fully saturated rings. The van der Waals surface area contributed by atoms with E-state index in [1.54, 1.807) is 47.4 Å². The van der Waals surface area contributed by atoms with Gasteiger partial charge in [0.25, 0.3) is 5.91 Å². The number of hydrogen-bond donors (Lipinski definition) is 0. The van der Waals surface area contributed by atoms with Crippen molar-refractivity contribution >= 4 is 17.5 Å². The predicted molar refractivity (Wildman–Crippen MR) is 116 cm³/mol. The first kappa shape index (κ1) is 21.1. The Balaban J connectivity index is 1.66. The molecule has 5 nitrogen and oxygen atoms in total. The topological polar surface area (TPSA) is 67.3 Å². The van der Waals surface area contributed by atoms with Crippen molar-refractivity contribution in [3.63, 3.8) is 0 Å². The number of carbonyl (C=O) groups is 3. The fourth-order valence-electron chi connectivity index (χ4n) is 3.09. The number of rotatable bonds is 8. The lowest BCUT2D eigenvalue weighted by molar-refractivity contribution is 0.0751. The summed E-state index contributed by atoms with van der Waals surface area (Å²) < 4.78 is 0. The third-order valence-corrected chi connectivity index (χ3v) is 4.89. The summed E-state index contributed by atoms with van der Waals surface area (Å²) in [6, 6.07) is 19.6. The molecule has 1 aromatic heterocycles. The summed E-state index contributed by atoms with van der Waals surface area (Å²) >= 11 is 0. The number of Topliss-reactive ketones (excluding diaryl/α,β-unsaturated/α-hetero) is 2. The number of benzene rings is 2. The molecule has 0 aliphatic heterocycles. The molecule has 1 amide bonds. The lowest BCUT2D eigenvalue weighted by atomic mass is 10.0. The maximum Gasteiger partial charge on any atom is 0.254 e. The van der Waals surface area contributed by atoms with E-state index in [4.69, 9.17) is 0 Å². The number of hydrogen-bond acceptors (Lipinski definition) is 4. The van der Waals surface area contributed by atoms with Gasteiger partial charge in [0.2, 0.25) is 0 Å². The van der Waals surface area contributed by atoms with Crippen LogP contribution in [0.5, 0.6) is 0 Å². The van der Waals surface area contributed by atoms with Crippen molar-refractivity contribution < 1.29 is 14.4 Å². The summed E-state index contributed by atoms with van der Waals surface area (Å²) in [4.78, 5) is 43.2. The number of nitrogens with zero attached hydrogens (tertiary/aromatic N) is 2. The standard InChI is InChI=1S/C25H24N2O3/c1-3-27(17-19-9-7-18(2)8-10-19)25(30)21-13-11-20(12-14-21)23(28)16-24(29)22-6-4-5-15-26-22/h4-15H,3,16-17H2,1-2H3. The molecule has 0 saturated heterocycles. The van der Waals surface area contributed by atoms with E-state index in [1.165, 1.54) is 11.8 Å². The van der Waals surface area contributed by atoms with E-state index in [2.05, 4.69) is 4.98 Å². The van der Waals surface area contributed by atoms with Crippen LogP contribution in [0.2, 0.25) is 0 Å². The van der Waals surface area contributed by atoms with Gasteiger partial charge in [-0.05, 0) is 43.7 Å². The van der Waals surface area contributed by atoms with E-state index in [9.17, 15) is 14.4 Å². The van der Waals surface area contributed by atoms with E-state index < -0.39 is 0 Å². The zero-order valence-electron chi connectivity index (χ0n) is 17.2. The second kappa shape index (κ2) is 9.74. The average Bonchev–Trinajstić information content (AvgIpc) is 2.79. The summed E-state index contributed by atoms with van der Waals surface area (Å²) in [5.74, 6) is -0.714. The van der Waals surface area contributed by atoms with Crippen LogP contribution in [0.4, 0.5) is 0 Å². The van der Waals surface area contributed by atoms with Crippen molar-refractivity contribution in [3.8, 4) is 0 Å². The molecule has 2 aromatic carbocycles. The Morgan fingerprint density at radius 3 is 2.10 bits per heavy atom. The van der Waals surface area contributed by atoms with Crippen LogP contribution >= 0.6 is 0 Å². The van der Waals surface area contributed by atoms with Crippen LogP contribution in [0.1, 0.15) is 55.7 Å². The molecule has 0 radical (unpaired) electrons. The van der Waals surface area contributed by atoms with Crippen LogP contribution < -0.4 is 0 Å². The predicted octanol–water partition coefficient (Wildman–Crippen LogP) is 4.51. The number of amides is 1. The molecule has 0 saturated carbocycles. The van der Waals surface area contributed by atoms with Gasteiger partial charge in [0.15, 0.2) is 11.6 Å². The first-order chi connectivity index (χ1) is 14.5. The van der Waals surface area contributed by atoms with Crippen LogP contribution in [0, 0.1) is 6.92 Å². The number of ketones is 2. The summed E-state index contributed by atoms with van der Waals surface area (Å²) in [5, 5.41) is 0. The molecule has 5 heteroatoms. The maximum atomic E-state index is 12.9. The fraction of sp³-hybridized carbons (Fsp3) is 0.200. The Hall–Kier alpha value is -3.60. The van der Waals surface area contributed by atoms with Gasteiger partial charge in [-0.3, -0.25) is 19.4 Å². The Labute approximate surface area is 176 Å². The number of aryl methyl sites for hydroxylation is 1. The zero-order valence-corrected chi connectivity index (χ0v) is 17.2. The van der Waals surface area contributed by atoms with Crippen LogP contribution in [0.25, 0.3) is 0 Å². The molecule has 1 heterocycles. The quantitative estimate of drug-likeness (QED) is 0.412. The van der Waals surface area contributed by atoms with E-state index >= 15 is 0 Å². The molecule has 30 heavy (non-hydrogen) atoms. The molecular formula is C25H24N2O3. The molecule has 0 bridgehead atoms. The minimum absolute atomic E-state index is 0.0957. The first-order valence-electron chi connectivity index (χ1n) is 9.90. The van der Waals surface area contributed by atoms with Gasteiger partial charge in [0, 0.05) is 30.4 Å². The summed E-state index contributed by atoms with van der Waals surface area (Å²) in [6.07, 6.45) is 1.27. The molecule has 0 N–H and O–H groups in total. The summed E-state index contributed by atoms with van der Waals surface area (Å²) in [6.45, 7) is 5.06. The van der Waals surface area contributed by atoms with Gasteiger partial charge in [0.05, 0.1) is 6.42 Å².